The molecule has 1 heterocycles. The number of urea groups is 1. The number of carbonyl (C=O) groups is 2. The van der Waals surface area contributed by atoms with E-state index in [0.29, 0.717) is 23.9 Å². The normalized spacial score (nSPS) is 16.4. The van der Waals surface area contributed by atoms with Crippen molar-refractivity contribution in [1.29, 1.82) is 0 Å². The molecule has 6 nitrogen and oxygen atoms in total. The second-order valence-electron chi connectivity index (χ2n) is 6.16. The van der Waals surface area contributed by atoms with Gasteiger partial charge in [0.05, 0.1) is 0 Å². The van der Waals surface area contributed by atoms with Crippen LogP contribution in [0.5, 0.6) is 5.75 Å². The predicted octanol–water partition coefficient (Wildman–Crippen LogP) is 2.37. The number of amides is 3. The zero-order valence-corrected chi connectivity index (χ0v) is 15.0. The van der Waals surface area contributed by atoms with Gasteiger partial charge in [-0.1, -0.05) is 11.6 Å². The second kappa shape index (κ2) is 8.24. The Morgan fingerprint density at radius 1 is 1.25 bits per heavy atom. The van der Waals surface area contributed by atoms with Gasteiger partial charge in [-0.25, -0.2) is 4.79 Å². The van der Waals surface area contributed by atoms with E-state index in [9.17, 15) is 9.59 Å². The van der Waals surface area contributed by atoms with Crippen LogP contribution in [0.1, 0.15) is 19.8 Å². The van der Waals surface area contributed by atoms with Gasteiger partial charge in [0.1, 0.15) is 5.75 Å². The summed E-state index contributed by atoms with van der Waals surface area (Å²) < 4.78 is 5.68. The Labute approximate surface area is 147 Å². The molecule has 1 atom stereocenters. The van der Waals surface area contributed by atoms with Gasteiger partial charge in [-0.3, -0.25) is 4.79 Å². The van der Waals surface area contributed by atoms with Gasteiger partial charge in [0.15, 0.2) is 6.10 Å². The fourth-order valence-electron chi connectivity index (χ4n) is 2.57. The van der Waals surface area contributed by atoms with Crippen molar-refractivity contribution in [3.8, 4) is 5.75 Å². The van der Waals surface area contributed by atoms with Crippen LogP contribution in [0, 0.1) is 0 Å². The molecule has 24 heavy (non-hydrogen) atoms. The van der Waals surface area contributed by atoms with E-state index in [2.05, 4.69) is 5.32 Å². The lowest BCUT2D eigenvalue weighted by Gasteiger charge is -2.34. The fourth-order valence-corrected chi connectivity index (χ4v) is 2.70. The molecule has 7 heteroatoms. The van der Waals surface area contributed by atoms with Gasteiger partial charge in [0.2, 0.25) is 0 Å². The minimum atomic E-state index is -0.556. The Morgan fingerprint density at radius 3 is 2.38 bits per heavy atom. The molecule has 2 rings (SSSR count). The monoisotopic (exact) mass is 353 g/mol. The minimum Gasteiger partial charge on any atom is -0.481 e. The fraction of sp³-hybridized carbons (Fsp3) is 0.529. The summed E-state index contributed by atoms with van der Waals surface area (Å²) in [7, 11) is 3.42. The second-order valence-corrected chi connectivity index (χ2v) is 6.59. The number of halogens is 1. The third-order valence-electron chi connectivity index (χ3n) is 4.01. The standard InChI is InChI=1S/C17H24ClN3O3/c1-12(24-15-6-4-13(18)5-7-15)16(22)21-10-8-14(9-11-21)19-17(23)20(2)3/h4-7,12,14H,8-11H2,1-3H3,(H,19,23). The number of likely N-dealkylation sites (tertiary alicyclic amines) is 1. The number of hydrogen-bond donors (Lipinski definition) is 1. The average Bonchev–Trinajstić information content (AvgIpc) is 2.56. The zero-order valence-electron chi connectivity index (χ0n) is 14.3. The summed E-state index contributed by atoms with van der Waals surface area (Å²) in [4.78, 5) is 27.5. The molecule has 0 saturated carbocycles. The first-order valence-corrected chi connectivity index (χ1v) is 8.43. The maximum Gasteiger partial charge on any atom is 0.317 e. The van der Waals surface area contributed by atoms with Crippen molar-refractivity contribution in [2.24, 2.45) is 0 Å². The van der Waals surface area contributed by atoms with Crippen LogP contribution in [0.4, 0.5) is 4.79 Å². The molecule has 0 aliphatic carbocycles. The maximum absolute atomic E-state index is 12.5. The Kier molecular flexibility index (Phi) is 6.31. The third kappa shape index (κ3) is 5.03. The molecule has 1 unspecified atom stereocenters. The number of rotatable bonds is 4. The molecule has 0 aromatic heterocycles. The quantitative estimate of drug-likeness (QED) is 0.904. The van der Waals surface area contributed by atoms with Crippen LogP contribution >= 0.6 is 11.6 Å². The lowest BCUT2D eigenvalue weighted by molar-refractivity contribution is -0.139. The molecule has 132 valence electrons. The first kappa shape index (κ1) is 18.4. The smallest absolute Gasteiger partial charge is 0.317 e. The van der Waals surface area contributed by atoms with Gasteiger partial charge in [0.25, 0.3) is 5.91 Å². The van der Waals surface area contributed by atoms with Gasteiger partial charge in [0, 0.05) is 38.2 Å². The number of nitrogens with zero attached hydrogens (tertiary/aromatic N) is 2. The number of carbonyl (C=O) groups excluding carboxylic acids is 2. The number of benzene rings is 1. The molecular formula is C17H24ClN3O3. The SMILES string of the molecule is CC(Oc1ccc(Cl)cc1)C(=O)N1CCC(NC(=O)N(C)C)CC1. The molecule has 0 bridgehead atoms. The lowest BCUT2D eigenvalue weighted by Crippen LogP contribution is -2.51. The average molecular weight is 354 g/mol. The van der Waals surface area contributed by atoms with Gasteiger partial charge in [-0.2, -0.15) is 0 Å². The van der Waals surface area contributed by atoms with Crippen molar-refractivity contribution in [2.45, 2.75) is 31.9 Å². The Morgan fingerprint density at radius 2 is 1.83 bits per heavy atom. The molecule has 1 fully saturated rings. The van der Waals surface area contributed by atoms with Crippen LogP contribution in [0.25, 0.3) is 0 Å². The van der Waals surface area contributed by atoms with Gasteiger partial charge < -0.3 is 19.9 Å². The molecule has 0 radical (unpaired) electrons. The van der Waals surface area contributed by atoms with Gasteiger partial charge in [-0.15, -0.1) is 0 Å². The van der Waals surface area contributed by atoms with E-state index in [4.69, 9.17) is 16.3 Å². The summed E-state index contributed by atoms with van der Waals surface area (Å²) in [6, 6.07) is 6.96. The van der Waals surface area contributed by atoms with Crippen LogP contribution in [-0.4, -0.2) is 61.1 Å². The van der Waals surface area contributed by atoms with E-state index in [-0.39, 0.29) is 18.0 Å². The van der Waals surface area contributed by atoms with Crippen molar-refractivity contribution in [3.05, 3.63) is 29.3 Å². The summed E-state index contributed by atoms with van der Waals surface area (Å²) >= 11 is 5.84. The van der Waals surface area contributed by atoms with Crippen LogP contribution < -0.4 is 10.1 Å². The van der Waals surface area contributed by atoms with Crippen LogP contribution in [0.2, 0.25) is 5.02 Å². The summed E-state index contributed by atoms with van der Waals surface area (Å²) in [5, 5.41) is 3.59. The van der Waals surface area contributed by atoms with Crippen LogP contribution in [0.3, 0.4) is 0 Å². The van der Waals surface area contributed by atoms with Crippen molar-refractivity contribution < 1.29 is 14.3 Å². The first-order valence-electron chi connectivity index (χ1n) is 8.05. The molecular weight excluding hydrogens is 330 g/mol. The number of piperidine rings is 1. The van der Waals surface area contributed by atoms with Crippen LogP contribution in [-0.2, 0) is 4.79 Å². The lowest BCUT2D eigenvalue weighted by atomic mass is 10.0. The highest BCUT2D eigenvalue weighted by molar-refractivity contribution is 6.30. The van der Waals surface area contributed by atoms with E-state index in [0.717, 1.165) is 12.8 Å². The van der Waals surface area contributed by atoms with E-state index in [1.54, 1.807) is 50.2 Å². The zero-order chi connectivity index (χ0) is 17.7. The maximum atomic E-state index is 12.5. The molecule has 3 amide bonds. The third-order valence-corrected chi connectivity index (χ3v) is 4.27. The molecule has 1 N–H and O–H groups in total. The van der Waals surface area contributed by atoms with Crippen molar-refractivity contribution in [1.82, 2.24) is 15.1 Å². The Balaban J connectivity index is 1.81. The topological polar surface area (TPSA) is 61.9 Å². The van der Waals surface area contributed by atoms with Crippen molar-refractivity contribution >= 4 is 23.5 Å². The van der Waals surface area contributed by atoms with Crippen molar-refractivity contribution in [2.75, 3.05) is 27.2 Å². The number of hydrogen-bond acceptors (Lipinski definition) is 3. The highest BCUT2D eigenvalue weighted by atomic mass is 35.5. The minimum absolute atomic E-state index is 0.0395. The van der Waals surface area contributed by atoms with Gasteiger partial charge >= 0.3 is 6.03 Å². The molecule has 1 aromatic rings. The van der Waals surface area contributed by atoms with Crippen LogP contribution in [0.15, 0.2) is 24.3 Å². The molecule has 1 saturated heterocycles. The summed E-state index contributed by atoms with van der Waals surface area (Å²) in [5.41, 5.74) is 0. The molecule has 1 aliphatic rings. The van der Waals surface area contributed by atoms with E-state index in [1.807, 2.05) is 0 Å². The highest BCUT2D eigenvalue weighted by Crippen LogP contribution is 2.18. The van der Waals surface area contributed by atoms with E-state index < -0.39 is 6.10 Å². The molecule has 1 aromatic carbocycles. The van der Waals surface area contributed by atoms with Gasteiger partial charge in [-0.05, 0) is 44.0 Å². The Bertz CT molecular complexity index is 569. The molecule has 0 spiro atoms. The van der Waals surface area contributed by atoms with Crippen molar-refractivity contribution in [3.63, 3.8) is 0 Å². The van der Waals surface area contributed by atoms with E-state index >= 15 is 0 Å². The predicted molar refractivity (Wildman–Crippen MR) is 93.4 cm³/mol. The number of nitrogens with one attached hydrogen (secondary N) is 1. The largest absolute Gasteiger partial charge is 0.481 e. The highest BCUT2D eigenvalue weighted by Gasteiger charge is 2.27. The summed E-state index contributed by atoms with van der Waals surface area (Å²) in [6.45, 7) is 2.98. The first-order chi connectivity index (χ1) is 11.4. The molecule has 1 aliphatic heterocycles. The summed E-state index contributed by atoms with van der Waals surface area (Å²) in [6.07, 6.45) is 0.942. The Hall–Kier alpha value is -1.95. The van der Waals surface area contributed by atoms with E-state index in [1.165, 1.54) is 4.90 Å². The number of ether oxygens (including phenoxy) is 1. The summed E-state index contributed by atoms with van der Waals surface area (Å²) in [5.74, 6) is 0.579.